The average molecular weight is 458 g/mol. The van der Waals surface area contributed by atoms with Crippen LogP contribution in [-0.4, -0.2) is 22.7 Å². The molecule has 0 aliphatic rings. The molecule has 0 fully saturated rings. The zero-order chi connectivity index (χ0) is 22.4. The van der Waals surface area contributed by atoms with Crippen molar-refractivity contribution in [2.45, 2.75) is 13.0 Å². The summed E-state index contributed by atoms with van der Waals surface area (Å²) < 4.78 is 6.80. The molecule has 3 rings (SSSR count). The number of amidine groups is 1. The summed E-state index contributed by atoms with van der Waals surface area (Å²) in [6, 6.07) is 16.2. The van der Waals surface area contributed by atoms with Crippen molar-refractivity contribution < 1.29 is 9.94 Å². The van der Waals surface area contributed by atoms with Crippen LogP contribution in [0, 0.1) is 0 Å². The topological polar surface area (TPSA) is 89.8 Å². The lowest BCUT2D eigenvalue weighted by molar-refractivity contribution is 0.318. The Morgan fingerprint density at radius 1 is 1.13 bits per heavy atom. The summed E-state index contributed by atoms with van der Waals surface area (Å²) in [6.45, 7) is 0.375. The molecule has 31 heavy (non-hydrogen) atoms. The van der Waals surface area contributed by atoms with Gasteiger partial charge in [0.1, 0.15) is 10.8 Å². The van der Waals surface area contributed by atoms with Crippen molar-refractivity contribution in [3.63, 3.8) is 0 Å². The predicted octanol–water partition coefficient (Wildman–Crippen LogP) is 4.67. The van der Waals surface area contributed by atoms with Crippen LogP contribution in [0.5, 0.6) is 5.75 Å². The third-order valence-electron chi connectivity index (χ3n) is 4.75. The number of rotatable bonds is 7. The summed E-state index contributed by atoms with van der Waals surface area (Å²) in [5, 5.41) is 12.2. The summed E-state index contributed by atoms with van der Waals surface area (Å²) in [6.07, 6.45) is 4.21. The Balaban J connectivity index is 1.89. The van der Waals surface area contributed by atoms with Gasteiger partial charge in [-0.3, -0.25) is 4.79 Å². The molecule has 2 aromatic carbocycles. The molecule has 1 heterocycles. The molecule has 6 nitrogen and oxygen atoms in total. The SMILES string of the molecule is COc1cccc(/C=C/c2c(Cl)cc(Cl)c(=O)n2CCc2ccc(/C(N)=N/O)cc2)c1. The van der Waals surface area contributed by atoms with E-state index in [9.17, 15) is 4.79 Å². The minimum atomic E-state index is -0.315. The fraction of sp³-hybridized carbons (Fsp3) is 0.130. The van der Waals surface area contributed by atoms with Gasteiger partial charge in [0.25, 0.3) is 5.56 Å². The first-order valence-corrected chi connectivity index (χ1v) is 10.2. The van der Waals surface area contributed by atoms with Gasteiger partial charge in [0, 0.05) is 12.1 Å². The van der Waals surface area contributed by atoms with Gasteiger partial charge >= 0.3 is 0 Å². The van der Waals surface area contributed by atoms with Crippen LogP contribution in [0.25, 0.3) is 12.2 Å². The molecule has 0 amide bonds. The maximum atomic E-state index is 12.7. The van der Waals surface area contributed by atoms with E-state index in [0.717, 1.165) is 16.9 Å². The van der Waals surface area contributed by atoms with Crippen LogP contribution in [-0.2, 0) is 13.0 Å². The second-order valence-electron chi connectivity index (χ2n) is 6.72. The van der Waals surface area contributed by atoms with Crippen molar-refractivity contribution in [1.82, 2.24) is 4.57 Å². The van der Waals surface area contributed by atoms with Crippen molar-refractivity contribution in [3.8, 4) is 5.75 Å². The van der Waals surface area contributed by atoms with Crippen LogP contribution >= 0.6 is 23.2 Å². The second-order valence-corrected chi connectivity index (χ2v) is 7.54. The number of aryl methyl sites for hydroxylation is 1. The number of benzene rings is 2. The summed E-state index contributed by atoms with van der Waals surface area (Å²) in [4.78, 5) is 12.7. The minimum Gasteiger partial charge on any atom is -0.497 e. The largest absolute Gasteiger partial charge is 0.497 e. The van der Waals surface area contributed by atoms with Gasteiger partial charge in [-0.2, -0.15) is 0 Å². The van der Waals surface area contributed by atoms with Gasteiger partial charge in [-0.1, -0.05) is 70.8 Å². The van der Waals surface area contributed by atoms with Crippen LogP contribution in [0.1, 0.15) is 22.4 Å². The van der Waals surface area contributed by atoms with Crippen molar-refractivity contribution >= 4 is 41.2 Å². The van der Waals surface area contributed by atoms with Crippen LogP contribution in [0.2, 0.25) is 10.0 Å². The maximum absolute atomic E-state index is 12.7. The smallest absolute Gasteiger partial charge is 0.269 e. The molecule has 0 saturated heterocycles. The molecule has 8 heteroatoms. The first kappa shape index (κ1) is 22.5. The normalized spacial score (nSPS) is 11.8. The summed E-state index contributed by atoms with van der Waals surface area (Å²) in [5.41, 5.74) is 8.32. The number of ether oxygens (including phenoxy) is 1. The molecular formula is C23H21Cl2N3O3. The van der Waals surface area contributed by atoms with Gasteiger partial charge in [-0.25, -0.2) is 0 Å². The van der Waals surface area contributed by atoms with E-state index in [1.807, 2.05) is 42.5 Å². The highest BCUT2D eigenvalue weighted by atomic mass is 35.5. The number of methoxy groups -OCH3 is 1. The molecule has 0 bridgehead atoms. The van der Waals surface area contributed by atoms with Crippen molar-refractivity contribution in [1.29, 1.82) is 0 Å². The van der Waals surface area contributed by atoms with Crippen molar-refractivity contribution in [3.05, 3.63) is 97.4 Å². The Labute approximate surface area is 189 Å². The lowest BCUT2D eigenvalue weighted by atomic mass is 10.1. The Hall–Kier alpha value is -3.22. The highest BCUT2D eigenvalue weighted by molar-refractivity contribution is 6.35. The van der Waals surface area contributed by atoms with Crippen LogP contribution in [0.15, 0.2) is 64.5 Å². The van der Waals surface area contributed by atoms with Gasteiger partial charge in [0.2, 0.25) is 0 Å². The number of pyridine rings is 1. The lowest BCUT2D eigenvalue weighted by Crippen LogP contribution is -2.24. The molecule has 0 spiro atoms. The molecule has 0 atom stereocenters. The van der Waals surface area contributed by atoms with E-state index in [4.69, 9.17) is 38.9 Å². The Bertz CT molecular complexity index is 1190. The number of nitrogens with zero attached hydrogens (tertiary/aromatic N) is 2. The van der Waals surface area contributed by atoms with Crippen LogP contribution in [0.3, 0.4) is 0 Å². The highest BCUT2D eigenvalue weighted by Crippen LogP contribution is 2.22. The molecule has 0 aliphatic carbocycles. The van der Waals surface area contributed by atoms with Crippen molar-refractivity contribution in [2.75, 3.05) is 7.11 Å². The van der Waals surface area contributed by atoms with E-state index in [0.29, 0.717) is 29.2 Å². The number of halogens is 2. The van der Waals surface area contributed by atoms with Gasteiger partial charge in [0.05, 0.1) is 17.8 Å². The van der Waals surface area contributed by atoms with Crippen LogP contribution < -0.4 is 16.0 Å². The van der Waals surface area contributed by atoms with E-state index in [1.54, 1.807) is 29.9 Å². The molecule has 0 unspecified atom stereocenters. The molecule has 0 saturated carbocycles. The van der Waals surface area contributed by atoms with Crippen LogP contribution in [0.4, 0.5) is 0 Å². The van der Waals surface area contributed by atoms with Gasteiger partial charge in [0.15, 0.2) is 5.84 Å². The molecule has 3 N–H and O–H groups in total. The Morgan fingerprint density at radius 3 is 2.55 bits per heavy atom. The van der Waals surface area contributed by atoms with E-state index in [1.165, 1.54) is 6.07 Å². The fourth-order valence-corrected chi connectivity index (χ4v) is 3.61. The Morgan fingerprint density at radius 2 is 1.87 bits per heavy atom. The van der Waals surface area contributed by atoms with Crippen molar-refractivity contribution in [2.24, 2.45) is 10.9 Å². The quantitative estimate of drug-likeness (QED) is 0.233. The molecule has 160 valence electrons. The first-order chi connectivity index (χ1) is 14.9. The predicted molar refractivity (Wildman–Crippen MR) is 125 cm³/mol. The number of oxime groups is 1. The molecule has 1 aromatic heterocycles. The number of hydrogen-bond acceptors (Lipinski definition) is 4. The Kier molecular flexibility index (Phi) is 7.39. The number of nitrogens with two attached hydrogens (primary N) is 1. The number of hydrogen-bond donors (Lipinski definition) is 2. The third-order valence-corrected chi connectivity index (χ3v) is 5.32. The van der Waals surface area contributed by atoms with E-state index in [2.05, 4.69) is 5.16 Å². The zero-order valence-corrected chi connectivity index (χ0v) is 18.3. The zero-order valence-electron chi connectivity index (χ0n) is 16.8. The molecule has 0 aliphatic heterocycles. The standard InChI is InChI=1S/C23H21Cl2N3O3/c1-31-18-4-2-3-16(13-18)7-10-21-19(24)14-20(25)23(29)28(21)12-11-15-5-8-17(9-6-15)22(26)27-30/h2-10,13-14,30H,11-12H2,1H3,(H2,26,27)/b10-7+. The highest BCUT2D eigenvalue weighted by Gasteiger charge is 2.11. The number of aromatic nitrogens is 1. The minimum absolute atomic E-state index is 0.0364. The lowest BCUT2D eigenvalue weighted by Gasteiger charge is -2.13. The van der Waals surface area contributed by atoms with Gasteiger partial charge in [-0.05, 0) is 41.8 Å². The third kappa shape index (κ3) is 5.48. The van der Waals surface area contributed by atoms with E-state index < -0.39 is 0 Å². The molecule has 3 aromatic rings. The van der Waals surface area contributed by atoms with Gasteiger partial charge in [-0.15, -0.1) is 0 Å². The average Bonchev–Trinajstić information content (AvgIpc) is 2.79. The summed E-state index contributed by atoms with van der Waals surface area (Å²) >= 11 is 12.5. The molecule has 0 radical (unpaired) electrons. The van der Waals surface area contributed by atoms with E-state index in [-0.39, 0.29) is 16.4 Å². The van der Waals surface area contributed by atoms with Gasteiger partial charge < -0.3 is 20.2 Å². The maximum Gasteiger partial charge on any atom is 0.269 e. The van der Waals surface area contributed by atoms with E-state index >= 15 is 0 Å². The summed E-state index contributed by atoms with van der Waals surface area (Å²) in [7, 11) is 1.61. The summed E-state index contributed by atoms with van der Waals surface area (Å²) in [5.74, 6) is 0.770. The fourth-order valence-electron chi connectivity index (χ4n) is 3.07. The monoisotopic (exact) mass is 457 g/mol. The second kappa shape index (κ2) is 10.2. The molecular weight excluding hydrogens is 437 g/mol. The first-order valence-electron chi connectivity index (χ1n) is 9.40.